The van der Waals surface area contributed by atoms with Crippen LogP contribution in [0.1, 0.15) is 12.5 Å². The van der Waals surface area contributed by atoms with Gasteiger partial charge in [0, 0.05) is 24.7 Å². The van der Waals surface area contributed by atoms with Gasteiger partial charge >= 0.3 is 0 Å². The maximum Gasteiger partial charge on any atom is 0.235 e. The summed E-state index contributed by atoms with van der Waals surface area (Å²) in [7, 11) is -3.47. The fourth-order valence-electron chi connectivity index (χ4n) is 3.08. The maximum absolute atomic E-state index is 12.7. The highest BCUT2D eigenvalue weighted by Gasteiger charge is 2.21. The van der Waals surface area contributed by atoms with Crippen LogP contribution in [0.4, 0.5) is 5.69 Å². The molecule has 2 aromatic carbocycles. The average molecular weight is 462 g/mol. The predicted molar refractivity (Wildman–Crippen MR) is 127 cm³/mol. The molecule has 33 heavy (non-hydrogen) atoms. The number of hydrogen-bond donors (Lipinski definition) is 0. The van der Waals surface area contributed by atoms with Crippen LogP contribution in [0.2, 0.25) is 0 Å². The lowest BCUT2D eigenvalue weighted by molar-refractivity contribution is 0.456. The van der Waals surface area contributed by atoms with Gasteiger partial charge in [0.2, 0.25) is 15.9 Å². The Labute approximate surface area is 193 Å². The van der Waals surface area contributed by atoms with E-state index in [-0.39, 0.29) is 12.3 Å². The summed E-state index contributed by atoms with van der Waals surface area (Å²) in [6.45, 7) is 1.84. The molecule has 0 atom stereocenters. The van der Waals surface area contributed by atoms with Crippen LogP contribution in [0.15, 0.2) is 97.5 Å². The lowest BCUT2D eigenvalue weighted by Crippen LogP contribution is -2.31. The third-order valence-electron chi connectivity index (χ3n) is 4.79. The summed E-state index contributed by atoms with van der Waals surface area (Å²) in [5.74, 6) is 2.38. The summed E-state index contributed by atoms with van der Waals surface area (Å²) in [6.07, 6.45) is 4.99. The first kappa shape index (κ1) is 22.3. The van der Waals surface area contributed by atoms with E-state index in [2.05, 4.69) is 9.97 Å². The van der Waals surface area contributed by atoms with Gasteiger partial charge in [-0.15, -0.1) is 0 Å². The predicted octanol–water partition coefficient (Wildman–Crippen LogP) is 5.42. The lowest BCUT2D eigenvalue weighted by Gasteiger charge is -2.24. The third kappa shape index (κ3) is 5.87. The third-order valence-corrected chi connectivity index (χ3v) is 6.53. The zero-order valence-corrected chi connectivity index (χ0v) is 18.9. The number of aromatic nitrogens is 2. The number of hydrogen-bond acceptors (Lipinski definition) is 6. The first-order chi connectivity index (χ1) is 16.0. The molecular formula is C25H23N3O4S. The molecule has 2 heterocycles. The van der Waals surface area contributed by atoms with Crippen molar-refractivity contribution in [2.75, 3.05) is 10.1 Å². The van der Waals surface area contributed by atoms with E-state index in [1.807, 2.05) is 18.2 Å². The van der Waals surface area contributed by atoms with Gasteiger partial charge in [-0.2, -0.15) is 0 Å². The highest BCUT2D eigenvalue weighted by Crippen LogP contribution is 2.29. The molecule has 0 radical (unpaired) electrons. The minimum absolute atomic E-state index is 0.00155. The van der Waals surface area contributed by atoms with E-state index in [4.69, 9.17) is 9.47 Å². The van der Waals surface area contributed by atoms with Gasteiger partial charge in [-0.3, -0.25) is 9.29 Å². The van der Waals surface area contributed by atoms with E-state index in [9.17, 15) is 8.42 Å². The Morgan fingerprint density at radius 1 is 0.788 bits per heavy atom. The molecule has 0 aliphatic rings. The van der Waals surface area contributed by atoms with Crippen molar-refractivity contribution in [2.24, 2.45) is 0 Å². The summed E-state index contributed by atoms with van der Waals surface area (Å²) >= 11 is 0. The first-order valence-corrected chi connectivity index (χ1v) is 12.0. The molecule has 0 aliphatic heterocycles. The highest BCUT2D eigenvalue weighted by atomic mass is 32.2. The van der Waals surface area contributed by atoms with Crippen molar-refractivity contribution in [3.8, 4) is 23.1 Å². The van der Waals surface area contributed by atoms with Crippen molar-refractivity contribution in [1.82, 2.24) is 9.97 Å². The quantitative estimate of drug-likeness (QED) is 0.331. The van der Waals surface area contributed by atoms with Crippen LogP contribution < -0.4 is 13.8 Å². The molecule has 4 aromatic rings. The number of anilines is 1. The Morgan fingerprint density at radius 2 is 1.45 bits per heavy atom. The van der Waals surface area contributed by atoms with Crippen molar-refractivity contribution in [1.29, 1.82) is 0 Å². The molecule has 0 saturated heterocycles. The molecule has 0 amide bonds. The Hall–Kier alpha value is -3.91. The van der Waals surface area contributed by atoms with E-state index >= 15 is 0 Å². The summed E-state index contributed by atoms with van der Waals surface area (Å²) < 4.78 is 38.4. The Balaban J connectivity index is 1.46. The second kappa shape index (κ2) is 10.1. The molecule has 0 spiro atoms. The standard InChI is InChI=1S/C25H23N3O4S/c1-2-33(29,30)28(19-20-6-5-16-26-18-20)21-8-10-22(11-9-21)31-23-12-14-24(15-13-23)32-25-7-3-4-17-27-25/h3-18H,2,19H2,1H3. The second-order valence-corrected chi connectivity index (χ2v) is 9.29. The average Bonchev–Trinajstić information content (AvgIpc) is 2.86. The number of benzene rings is 2. The minimum Gasteiger partial charge on any atom is -0.457 e. The number of sulfonamides is 1. The molecule has 0 N–H and O–H groups in total. The van der Waals surface area contributed by atoms with E-state index in [0.29, 0.717) is 28.8 Å². The van der Waals surface area contributed by atoms with Crippen molar-refractivity contribution in [3.63, 3.8) is 0 Å². The Kier molecular flexibility index (Phi) is 6.85. The molecule has 0 fully saturated rings. The number of rotatable bonds is 9. The smallest absolute Gasteiger partial charge is 0.235 e. The maximum atomic E-state index is 12.7. The fraction of sp³-hybridized carbons (Fsp3) is 0.120. The van der Waals surface area contributed by atoms with Gasteiger partial charge in [0.1, 0.15) is 17.2 Å². The van der Waals surface area contributed by atoms with Crippen LogP contribution >= 0.6 is 0 Å². The van der Waals surface area contributed by atoms with Gasteiger partial charge in [-0.25, -0.2) is 13.4 Å². The molecule has 0 saturated carbocycles. The molecule has 0 bridgehead atoms. The number of nitrogens with zero attached hydrogens (tertiary/aromatic N) is 3. The molecule has 8 heteroatoms. The summed E-state index contributed by atoms with van der Waals surface area (Å²) in [6, 6.07) is 23.2. The number of pyridine rings is 2. The number of ether oxygens (including phenoxy) is 2. The normalized spacial score (nSPS) is 11.1. The monoisotopic (exact) mass is 461 g/mol. The molecular weight excluding hydrogens is 438 g/mol. The molecule has 168 valence electrons. The summed E-state index contributed by atoms with van der Waals surface area (Å²) in [4.78, 5) is 8.21. The van der Waals surface area contributed by atoms with Crippen LogP contribution in [0.25, 0.3) is 0 Å². The fourth-order valence-corrected chi connectivity index (χ4v) is 4.18. The SMILES string of the molecule is CCS(=O)(=O)N(Cc1cccnc1)c1ccc(Oc2ccc(Oc3ccccn3)cc2)cc1. The van der Waals surface area contributed by atoms with Crippen LogP contribution in [-0.2, 0) is 16.6 Å². The molecule has 4 rings (SSSR count). The lowest BCUT2D eigenvalue weighted by atomic mass is 10.2. The van der Waals surface area contributed by atoms with Gasteiger partial charge in [0.15, 0.2) is 0 Å². The van der Waals surface area contributed by atoms with Crippen LogP contribution in [0.5, 0.6) is 23.1 Å². The van der Waals surface area contributed by atoms with Gasteiger partial charge < -0.3 is 9.47 Å². The van der Waals surface area contributed by atoms with Gasteiger partial charge in [-0.1, -0.05) is 12.1 Å². The zero-order valence-electron chi connectivity index (χ0n) is 18.0. The van der Waals surface area contributed by atoms with Crippen LogP contribution in [0, 0.1) is 0 Å². The van der Waals surface area contributed by atoms with Crippen molar-refractivity contribution in [2.45, 2.75) is 13.5 Å². The van der Waals surface area contributed by atoms with E-state index in [0.717, 1.165) is 5.56 Å². The van der Waals surface area contributed by atoms with Crippen molar-refractivity contribution in [3.05, 3.63) is 103 Å². The second-order valence-electron chi connectivity index (χ2n) is 7.11. The summed E-state index contributed by atoms with van der Waals surface area (Å²) in [5, 5.41) is 0. The molecule has 2 aromatic heterocycles. The van der Waals surface area contributed by atoms with Crippen LogP contribution in [0.3, 0.4) is 0 Å². The van der Waals surface area contributed by atoms with E-state index < -0.39 is 10.0 Å². The Morgan fingerprint density at radius 3 is 2.03 bits per heavy atom. The van der Waals surface area contributed by atoms with Crippen LogP contribution in [-0.4, -0.2) is 24.1 Å². The van der Waals surface area contributed by atoms with Crippen molar-refractivity contribution < 1.29 is 17.9 Å². The van der Waals surface area contributed by atoms with Crippen molar-refractivity contribution >= 4 is 15.7 Å². The summed E-state index contributed by atoms with van der Waals surface area (Å²) in [5.41, 5.74) is 1.37. The molecule has 0 aliphatic carbocycles. The zero-order chi connectivity index (χ0) is 23.1. The van der Waals surface area contributed by atoms with E-state index in [1.54, 1.807) is 86.2 Å². The topological polar surface area (TPSA) is 81.6 Å². The molecule has 7 nitrogen and oxygen atoms in total. The van der Waals surface area contributed by atoms with Gasteiger partial charge in [0.05, 0.1) is 18.0 Å². The largest absolute Gasteiger partial charge is 0.457 e. The highest BCUT2D eigenvalue weighted by molar-refractivity contribution is 7.92. The van der Waals surface area contributed by atoms with Gasteiger partial charge in [-0.05, 0) is 73.2 Å². The molecule has 0 unspecified atom stereocenters. The first-order valence-electron chi connectivity index (χ1n) is 10.4. The minimum atomic E-state index is -3.47. The Bertz CT molecular complexity index is 1270. The van der Waals surface area contributed by atoms with Gasteiger partial charge in [0.25, 0.3) is 0 Å². The van der Waals surface area contributed by atoms with E-state index in [1.165, 1.54) is 4.31 Å².